The van der Waals surface area contributed by atoms with Crippen LogP contribution < -0.4 is 5.73 Å². The maximum absolute atomic E-state index is 5.99. The number of imidazole rings is 1. The van der Waals surface area contributed by atoms with Crippen LogP contribution in [0.2, 0.25) is 0 Å². The second-order valence-corrected chi connectivity index (χ2v) is 5.08. The largest absolute Gasteiger partial charge is 0.327 e. The number of nitrogens with zero attached hydrogens (tertiary/aromatic N) is 5. The predicted octanol–water partition coefficient (Wildman–Crippen LogP) is 0.457. The highest BCUT2D eigenvalue weighted by Crippen LogP contribution is 2.30. The molecule has 0 bridgehead atoms. The zero-order chi connectivity index (χ0) is 12.7. The lowest BCUT2D eigenvalue weighted by Crippen LogP contribution is -2.42. The van der Waals surface area contributed by atoms with Crippen molar-refractivity contribution in [3.63, 3.8) is 0 Å². The number of hydrogen-bond acceptors (Lipinski definition) is 5. The summed E-state index contributed by atoms with van der Waals surface area (Å²) in [6, 6.07) is 0.567. The Morgan fingerprint density at radius 2 is 2.06 bits per heavy atom. The van der Waals surface area contributed by atoms with Crippen LogP contribution in [-0.2, 0) is 7.05 Å². The van der Waals surface area contributed by atoms with E-state index < -0.39 is 0 Å². The molecule has 1 fully saturated rings. The molecule has 0 aliphatic carbocycles. The summed E-state index contributed by atoms with van der Waals surface area (Å²) in [7, 11) is 4.05. The van der Waals surface area contributed by atoms with Gasteiger partial charge in [-0.25, -0.2) is 15.0 Å². The van der Waals surface area contributed by atoms with Crippen LogP contribution in [-0.4, -0.2) is 44.1 Å². The van der Waals surface area contributed by atoms with E-state index in [1.54, 1.807) is 12.7 Å². The smallest absolute Gasteiger partial charge is 0.163 e. The lowest BCUT2D eigenvalue weighted by Gasteiger charge is -2.35. The zero-order valence-corrected chi connectivity index (χ0v) is 10.7. The number of likely N-dealkylation sites (tertiary alicyclic amines) is 1. The van der Waals surface area contributed by atoms with Gasteiger partial charge in [0.05, 0.1) is 18.1 Å². The molecule has 0 aromatic carbocycles. The van der Waals surface area contributed by atoms with E-state index in [9.17, 15) is 0 Å². The van der Waals surface area contributed by atoms with Gasteiger partial charge in [0.25, 0.3) is 0 Å². The van der Waals surface area contributed by atoms with Gasteiger partial charge >= 0.3 is 0 Å². The number of fused-ring (bicyclic) bond motifs is 1. The fourth-order valence-electron chi connectivity index (χ4n) is 2.73. The lowest BCUT2D eigenvalue weighted by atomic mass is 9.96. The average molecular weight is 246 g/mol. The maximum Gasteiger partial charge on any atom is 0.163 e. The minimum Gasteiger partial charge on any atom is -0.327 e. The Kier molecular flexibility index (Phi) is 2.76. The van der Waals surface area contributed by atoms with E-state index in [1.807, 2.05) is 11.6 Å². The van der Waals surface area contributed by atoms with E-state index in [0.29, 0.717) is 6.04 Å². The first-order valence-corrected chi connectivity index (χ1v) is 6.24. The highest BCUT2D eigenvalue weighted by atomic mass is 15.2. The van der Waals surface area contributed by atoms with Crippen LogP contribution in [0.5, 0.6) is 0 Å². The Bertz CT molecular complexity index is 563. The monoisotopic (exact) mass is 246 g/mol. The Morgan fingerprint density at radius 3 is 2.83 bits per heavy atom. The van der Waals surface area contributed by atoms with Gasteiger partial charge in [-0.1, -0.05) is 0 Å². The lowest BCUT2D eigenvalue weighted by molar-refractivity contribution is 0.167. The molecule has 0 amide bonds. The number of likely N-dealkylation sites (N-methyl/N-ethyl adjacent to an activating group) is 1. The van der Waals surface area contributed by atoms with Crippen molar-refractivity contribution >= 4 is 11.2 Å². The van der Waals surface area contributed by atoms with Crippen molar-refractivity contribution in [3.8, 4) is 0 Å². The summed E-state index contributed by atoms with van der Waals surface area (Å²) in [5.74, 6) is 0. The molecule has 2 unspecified atom stereocenters. The third kappa shape index (κ3) is 1.77. The SMILES string of the molecule is CN1CC(N)CCC1c1ncnc2c1ncn2C. The Morgan fingerprint density at radius 1 is 1.22 bits per heavy atom. The van der Waals surface area contributed by atoms with Gasteiger partial charge < -0.3 is 10.3 Å². The average Bonchev–Trinajstić information content (AvgIpc) is 2.72. The van der Waals surface area contributed by atoms with Crippen LogP contribution in [0, 0.1) is 0 Å². The van der Waals surface area contributed by atoms with Gasteiger partial charge in [0, 0.05) is 19.6 Å². The van der Waals surface area contributed by atoms with Crippen molar-refractivity contribution < 1.29 is 0 Å². The first-order chi connectivity index (χ1) is 8.66. The summed E-state index contributed by atoms with van der Waals surface area (Å²) in [6.07, 6.45) is 5.48. The Balaban J connectivity index is 2.04. The summed E-state index contributed by atoms with van der Waals surface area (Å²) < 4.78 is 1.93. The van der Waals surface area contributed by atoms with Gasteiger partial charge in [-0.05, 0) is 19.9 Å². The summed E-state index contributed by atoms with van der Waals surface area (Å²) in [6.45, 7) is 0.906. The fourth-order valence-corrected chi connectivity index (χ4v) is 2.73. The second kappa shape index (κ2) is 4.29. The maximum atomic E-state index is 5.99. The van der Waals surface area contributed by atoms with Gasteiger partial charge in [-0.3, -0.25) is 4.90 Å². The van der Waals surface area contributed by atoms with E-state index in [-0.39, 0.29) is 6.04 Å². The van der Waals surface area contributed by atoms with Gasteiger partial charge in [0.15, 0.2) is 5.65 Å². The third-order valence-electron chi connectivity index (χ3n) is 3.71. The number of hydrogen-bond donors (Lipinski definition) is 1. The van der Waals surface area contributed by atoms with E-state index in [1.165, 1.54) is 0 Å². The normalized spacial score (nSPS) is 25.7. The van der Waals surface area contributed by atoms with E-state index in [0.717, 1.165) is 36.2 Å². The van der Waals surface area contributed by atoms with E-state index in [4.69, 9.17) is 5.73 Å². The van der Waals surface area contributed by atoms with Crippen molar-refractivity contribution in [3.05, 3.63) is 18.3 Å². The number of aryl methyl sites for hydroxylation is 1. The van der Waals surface area contributed by atoms with Crippen molar-refractivity contribution in [1.82, 2.24) is 24.4 Å². The van der Waals surface area contributed by atoms with Crippen LogP contribution in [0.4, 0.5) is 0 Å². The van der Waals surface area contributed by atoms with Gasteiger partial charge in [0.1, 0.15) is 11.8 Å². The molecular weight excluding hydrogens is 228 g/mol. The molecule has 6 nitrogen and oxygen atoms in total. The second-order valence-electron chi connectivity index (χ2n) is 5.08. The highest BCUT2D eigenvalue weighted by Gasteiger charge is 2.28. The highest BCUT2D eigenvalue weighted by molar-refractivity contribution is 5.73. The molecule has 1 aliphatic heterocycles. The molecule has 96 valence electrons. The minimum atomic E-state index is 0.271. The number of rotatable bonds is 1. The molecule has 3 heterocycles. The summed E-state index contributed by atoms with van der Waals surface area (Å²) in [5, 5.41) is 0. The summed E-state index contributed by atoms with van der Waals surface area (Å²) >= 11 is 0. The quantitative estimate of drug-likeness (QED) is 0.791. The molecule has 2 N–H and O–H groups in total. The molecular formula is C12H18N6. The molecule has 6 heteroatoms. The molecule has 2 atom stereocenters. The first-order valence-electron chi connectivity index (χ1n) is 6.24. The van der Waals surface area contributed by atoms with Crippen LogP contribution >= 0.6 is 0 Å². The summed E-state index contributed by atoms with van der Waals surface area (Å²) in [5.41, 5.74) is 8.81. The van der Waals surface area contributed by atoms with Gasteiger partial charge in [0.2, 0.25) is 0 Å². The molecule has 0 spiro atoms. The van der Waals surface area contributed by atoms with Crippen molar-refractivity contribution in [1.29, 1.82) is 0 Å². The number of nitrogens with two attached hydrogens (primary N) is 1. The number of aromatic nitrogens is 4. The van der Waals surface area contributed by atoms with Gasteiger partial charge in [-0.15, -0.1) is 0 Å². The minimum absolute atomic E-state index is 0.271. The van der Waals surface area contributed by atoms with Crippen molar-refractivity contribution in [2.75, 3.05) is 13.6 Å². The molecule has 3 rings (SSSR count). The molecule has 0 saturated carbocycles. The zero-order valence-electron chi connectivity index (χ0n) is 10.7. The molecule has 1 aliphatic rings. The summed E-state index contributed by atoms with van der Waals surface area (Å²) in [4.78, 5) is 15.4. The molecule has 2 aromatic rings. The Labute approximate surface area is 106 Å². The van der Waals surface area contributed by atoms with Crippen molar-refractivity contribution in [2.24, 2.45) is 12.8 Å². The van der Waals surface area contributed by atoms with Crippen LogP contribution in [0.1, 0.15) is 24.6 Å². The molecule has 2 aromatic heterocycles. The number of piperidine rings is 1. The first kappa shape index (κ1) is 11.6. The Hall–Kier alpha value is -1.53. The van der Waals surface area contributed by atoms with E-state index in [2.05, 4.69) is 26.9 Å². The molecule has 18 heavy (non-hydrogen) atoms. The third-order valence-corrected chi connectivity index (χ3v) is 3.71. The van der Waals surface area contributed by atoms with Crippen LogP contribution in [0.15, 0.2) is 12.7 Å². The molecule has 0 radical (unpaired) electrons. The standard InChI is InChI=1S/C12H18N6/c1-17-5-8(13)3-4-9(17)10-11-12(15-6-14-10)18(2)7-16-11/h6-9H,3-5,13H2,1-2H3. The fraction of sp³-hybridized carbons (Fsp3) is 0.583. The van der Waals surface area contributed by atoms with Crippen molar-refractivity contribution in [2.45, 2.75) is 24.9 Å². The molecule has 1 saturated heterocycles. The van der Waals surface area contributed by atoms with Crippen LogP contribution in [0.25, 0.3) is 11.2 Å². The topological polar surface area (TPSA) is 72.9 Å². The van der Waals surface area contributed by atoms with Crippen LogP contribution in [0.3, 0.4) is 0 Å². The predicted molar refractivity (Wildman–Crippen MR) is 68.9 cm³/mol. The van der Waals surface area contributed by atoms with E-state index >= 15 is 0 Å². The van der Waals surface area contributed by atoms with Gasteiger partial charge in [-0.2, -0.15) is 0 Å².